The number of fused-ring (bicyclic) bond motifs is 1. The molecule has 1 aliphatic carbocycles. The van der Waals surface area contributed by atoms with Crippen LogP contribution in [0.2, 0.25) is 0 Å². The molecule has 0 amide bonds. The van der Waals surface area contributed by atoms with Crippen LogP contribution >= 0.6 is 0 Å². The van der Waals surface area contributed by atoms with Crippen molar-refractivity contribution in [2.75, 3.05) is 13.7 Å². The molecule has 0 spiro atoms. The molecule has 0 bridgehead atoms. The smallest absolute Gasteiger partial charge is 0.305 e. The Bertz CT molecular complexity index is 587. The predicted molar refractivity (Wildman–Crippen MR) is 101 cm³/mol. The van der Waals surface area contributed by atoms with Crippen LogP contribution in [0, 0.1) is 17.3 Å². The van der Waals surface area contributed by atoms with Crippen LogP contribution in [0.3, 0.4) is 0 Å². The Hall–Kier alpha value is -1.39. The molecule has 4 nitrogen and oxygen atoms in total. The average Bonchev–Trinajstić information content (AvgIpc) is 3.09. The molecule has 3 rings (SSSR count). The molecule has 1 aromatic rings. The van der Waals surface area contributed by atoms with Crippen molar-refractivity contribution in [1.82, 2.24) is 0 Å². The summed E-state index contributed by atoms with van der Waals surface area (Å²) in [4.78, 5) is 11.7. The summed E-state index contributed by atoms with van der Waals surface area (Å²) in [5.74, 6) is 0.833. The number of hydrogen-bond donors (Lipinski definition) is 0. The summed E-state index contributed by atoms with van der Waals surface area (Å²) in [6.07, 6.45) is 5.69. The van der Waals surface area contributed by atoms with Crippen LogP contribution < -0.4 is 0 Å². The molecular formula is C22H32O4. The SMILES string of the molecule is CCOC1C[C@H]2[C@@H](O1)[C@H](Cc1ccccc1)CC[C@]2(C)CCC(=O)OC. The maximum absolute atomic E-state index is 11.7. The molecule has 2 aliphatic rings. The topological polar surface area (TPSA) is 44.8 Å². The van der Waals surface area contributed by atoms with Crippen molar-refractivity contribution in [3.05, 3.63) is 35.9 Å². The van der Waals surface area contributed by atoms with E-state index in [1.165, 1.54) is 12.7 Å². The highest BCUT2D eigenvalue weighted by molar-refractivity contribution is 5.69. The van der Waals surface area contributed by atoms with Gasteiger partial charge in [-0.15, -0.1) is 0 Å². The van der Waals surface area contributed by atoms with Crippen LogP contribution in [0.4, 0.5) is 0 Å². The maximum Gasteiger partial charge on any atom is 0.305 e. The highest BCUT2D eigenvalue weighted by atomic mass is 16.7. The monoisotopic (exact) mass is 360 g/mol. The van der Waals surface area contributed by atoms with E-state index < -0.39 is 0 Å². The van der Waals surface area contributed by atoms with Crippen molar-refractivity contribution in [2.45, 2.75) is 64.8 Å². The van der Waals surface area contributed by atoms with Crippen molar-refractivity contribution >= 4 is 5.97 Å². The summed E-state index contributed by atoms with van der Waals surface area (Å²) in [7, 11) is 1.47. The van der Waals surface area contributed by atoms with Crippen LogP contribution in [0.5, 0.6) is 0 Å². The summed E-state index contributed by atoms with van der Waals surface area (Å²) in [6, 6.07) is 10.7. The number of esters is 1. The van der Waals surface area contributed by atoms with Gasteiger partial charge in [-0.1, -0.05) is 37.3 Å². The maximum atomic E-state index is 11.7. The summed E-state index contributed by atoms with van der Waals surface area (Å²) in [5, 5.41) is 0. The van der Waals surface area contributed by atoms with Gasteiger partial charge in [0, 0.05) is 19.4 Å². The number of rotatable bonds is 7. The van der Waals surface area contributed by atoms with E-state index in [1.807, 2.05) is 6.92 Å². The molecule has 26 heavy (non-hydrogen) atoms. The van der Waals surface area contributed by atoms with Crippen LogP contribution in [-0.4, -0.2) is 32.1 Å². The number of carbonyl (C=O) groups excluding carboxylic acids is 1. The molecule has 0 N–H and O–H groups in total. The van der Waals surface area contributed by atoms with Gasteiger partial charge in [0.1, 0.15) is 0 Å². The van der Waals surface area contributed by atoms with Crippen molar-refractivity contribution in [3.8, 4) is 0 Å². The molecular weight excluding hydrogens is 328 g/mol. The summed E-state index contributed by atoms with van der Waals surface area (Å²) < 4.78 is 17.1. The van der Waals surface area contributed by atoms with Crippen molar-refractivity contribution in [2.24, 2.45) is 17.3 Å². The summed E-state index contributed by atoms with van der Waals surface area (Å²) in [6.45, 7) is 5.01. The first-order valence-electron chi connectivity index (χ1n) is 9.93. The van der Waals surface area contributed by atoms with Gasteiger partial charge in [0.15, 0.2) is 6.29 Å². The number of benzene rings is 1. The first-order valence-corrected chi connectivity index (χ1v) is 9.93. The number of methoxy groups -OCH3 is 1. The van der Waals surface area contributed by atoms with E-state index in [2.05, 4.69) is 37.3 Å². The van der Waals surface area contributed by atoms with E-state index in [9.17, 15) is 4.79 Å². The number of carbonyl (C=O) groups is 1. The van der Waals surface area contributed by atoms with Gasteiger partial charge >= 0.3 is 5.97 Å². The minimum atomic E-state index is -0.116. The fraction of sp³-hybridized carbons (Fsp3) is 0.682. The quantitative estimate of drug-likeness (QED) is 0.678. The van der Waals surface area contributed by atoms with Gasteiger partial charge in [-0.3, -0.25) is 4.79 Å². The molecule has 1 saturated carbocycles. The summed E-state index contributed by atoms with van der Waals surface area (Å²) >= 11 is 0. The van der Waals surface area contributed by atoms with Gasteiger partial charge in [0.2, 0.25) is 0 Å². The van der Waals surface area contributed by atoms with E-state index in [4.69, 9.17) is 14.2 Å². The fourth-order valence-electron chi connectivity index (χ4n) is 4.88. The highest BCUT2D eigenvalue weighted by Gasteiger charge is 2.52. The normalized spacial score (nSPS) is 33.7. The van der Waals surface area contributed by atoms with Crippen LogP contribution in [0.1, 0.15) is 51.5 Å². The van der Waals surface area contributed by atoms with Gasteiger partial charge < -0.3 is 14.2 Å². The highest BCUT2D eigenvalue weighted by Crippen LogP contribution is 2.53. The van der Waals surface area contributed by atoms with E-state index >= 15 is 0 Å². The van der Waals surface area contributed by atoms with Crippen molar-refractivity contribution in [3.63, 3.8) is 0 Å². The number of ether oxygens (including phenoxy) is 3. The molecule has 2 fully saturated rings. The van der Waals surface area contributed by atoms with Crippen molar-refractivity contribution in [1.29, 1.82) is 0 Å². The Morgan fingerprint density at radius 3 is 2.77 bits per heavy atom. The Balaban J connectivity index is 1.73. The third-order valence-electron chi connectivity index (χ3n) is 6.42. The van der Waals surface area contributed by atoms with Crippen molar-refractivity contribution < 1.29 is 19.0 Å². The van der Waals surface area contributed by atoms with Crippen LogP contribution in [0.15, 0.2) is 30.3 Å². The molecule has 144 valence electrons. The largest absolute Gasteiger partial charge is 0.469 e. The molecule has 1 aromatic carbocycles. The van der Waals surface area contributed by atoms with Crippen LogP contribution in [-0.2, 0) is 25.4 Å². The third kappa shape index (κ3) is 4.29. The molecule has 4 heteroatoms. The zero-order chi connectivity index (χ0) is 18.6. The fourth-order valence-corrected chi connectivity index (χ4v) is 4.88. The minimum Gasteiger partial charge on any atom is -0.469 e. The van der Waals surface area contributed by atoms with Gasteiger partial charge in [-0.25, -0.2) is 0 Å². The first-order chi connectivity index (χ1) is 12.6. The molecule has 1 aliphatic heterocycles. The lowest BCUT2D eigenvalue weighted by molar-refractivity contribution is -0.152. The molecule has 1 heterocycles. The Labute approximate surface area is 157 Å². The standard InChI is InChI=1S/C22H32O4/c1-4-25-20-15-18-21(26-20)17(14-16-8-6-5-7-9-16)10-12-22(18,2)13-11-19(23)24-3/h5-9,17-18,20-21H,4,10-15H2,1-3H3/t17-,18-,20?,21-,22+/m0/s1. The second-order valence-corrected chi connectivity index (χ2v) is 8.05. The molecule has 1 saturated heterocycles. The first kappa shape index (κ1) is 19.4. The van der Waals surface area contributed by atoms with Crippen LogP contribution in [0.25, 0.3) is 0 Å². The summed E-state index contributed by atoms with van der Waals surface area (Å²) in [5.41, 5.74) is 1.48. The second-order valence-electron chi connectivity index (χ2n) is 8.05. The van der Waals surface area contributed by atoms with E-state index in [0.717, 1.165) is 32.1 Å². The lowest BCUT2D eigenvalue weighted by atomic mass is 9.60. The van der Waals surface area contributed by atoms with E-state index in [1.54, 1.807) is 0 Å². The van der Waals surface area contributed by atoms with Gasteiger partial charge in [-0.05, 0) is 55.4 Å². The molecule has 5 atom stereocenters. The zero-order valence-electron chi connectivity index (χ0n) is 16.3. The third-order valence-corrected chi connectivity index (χ3v) is 6.42. The van der Waals surface area contributed by atoms with Gasteiger partial charge in [-0.2, -0.15) is 0 Å². The zero-order valence-corrected chi connectivity index (χ0v) is 16.3. The van der Waals surface area contributed by atoms with E-state index in [-0.39, 0.29) is 23.8 Å². The molecule has 0 aromatic heterocycles. The van der Waals surface area contributed by atoms with E-state index in [0.29, 0.717) is 24.9 Å². The lowest BCUT2D eigenvalue weighted by Crippen LogP contribution is -2.43. The van der Waals surface area contributed by atoms with Gasteiger partial charge in [0.25, 0.3) is 0 Å². The number of hydrogen-bond acceptors (Lipinski definition) is 4. The predicted octanol–water partition coefficient (Wildman–Crippen LogP) is 4.37. The Morgan fingerprint density at radius 2 is 2.08 bits per heavy atom. The molecule has 1 unspecified atom stereocenters. The Morgan fingerprint density at radius 1 is 1.31 bits per heavy atom. The molecule has 0 radical (unpaired) electrons. The average molecular weight is 360 g/mol. The minimum absolute atomic E-state index is 0.108. The Kier molecular flexibility index (Phi) is 6.36. The van der Waals surface area contributed by atoms with Gasteiger partial charge in [0.05, 0.1) is 13.2 Å². The lowest BCUT2D eigenvalue weighted by Gasteiger charge is -2.46. The second kappa shape index (κ2) is 8.53.